The highest BCUT2D eigenvalue weighted by molar-refractivity contribution is 7.85. The Hall–Kier alpha value is -4.94. The van der Waals surface area contributed by atoms with Crippen molar-refractivity contribution in [2.45, 2.75) is 25.3 Å². The number of hydrogen-bond acceptors (Lipinski definition) is 8. The highest BCUT2D eigenvalue weighted by atomic mass is 32.2. The van der Waals surface area contributed by atoms with E-state index in [1.54, 1.807) is 22.9 Å². The number of anilines is 2. The summed E-state index contributed by atoms with van der Waals surface area (Å²) in [4.78, 5) is -0.289. The van der Waals surface area contributed by atoms with E-state index >= 15 is 0 Å². The summed E-state index contributed by atoms with van der Waals surface area (Å²) in [5.41, 5.74) is 3.63. The number of hydrogen-bond donors (Lipinski definition) is 2. The summed E-state index contributed by atoms with van der Waals surface area (Å²) in [6.07, 6.45) is 0. The molecule has 210 valence electrons. The van der Waals surface area contributed by atoms with Crippen LogP contribution in [0.1, 0.15) is 17.2 Å². The molecule has 3 N–H and O–H groups in total. The van der Waals surface area contributed by atoms with Gasteiger partial charge in [0.25, 0.3) is 11.6 Å². The molecule has 0 saturated heterocycles. The van der Waals surface area contributed by atoms with Crippen molar-refractivity contribution in [3.05, 3.63) is 126 Å². The number of nitrogens with two attached hydrogens (primary N) is 1. The average molecular weight is 574 g/mol. The van der Waals surface area contributed by atoms with Crippen molar-refractivity contribution in [2.75, 3.05) is 11.2 Å². The molecule has 12 heteroatoms. The van der Waals surface area contributed by atoms with E-state index in [9.17, 15) is 17.4 Å². The van der Waals surface area contributed by atoms with E-state index in [1.807, 2.05) is 68.4 Å². The SMILES string of the molecule is Cc1nn(Cc2ccccc2F)c(C)[n+]1N.O=S(=O)([O-])c1ccc(N=Nc2ccc(Nc3ccccc3)cc2)cc1. The number of para-hydroxylation sites is 1. The van der Waals surface area contributed by atoms with Crippen molar-refractivity contribution in [3.8, 4) is 0 Å². The first-order valence-corrected chi connectivity index (χ1v) is 13.9. The monoisotopic (exact) mass is 573 g/mol. The number of aromatic nitrogens is 3. The molecule has 0 bridgehead atoms. The van der Waals surface area contributed by atoms with Crippen LogP contribution in [-0.2, 0) is 16.7 Å². The van der Waals surface area contributed by atoms with Crippen LogP contribution in [0, 0.1) is 19.7 Å². The van der Waals surface area contributed by atoms with Gasteiger partial charge in [-0.2, -0.15) is 10.2 Å². The lowest BCUT2D eigenvalue weighted by atomic mass is 10.2. The molecule has 0 fully saturated rings. The van der Waals surface area contributed by atoms with E-state index in [1.165, 1.54) is 35.0 Å². The number of halogens is 1. The van der Waals surface area contributed by atoms with Crippen LogP contribution in [0.3, 0.4) is 0 Å². The van der Waals surface area contributed by atoms with Gasteiger partial charge >= 0.3 is 0 Å². The molecule has 10 nitrogen and oxygen atoms in total. The Balaban J connectivity index is 0.000000208. The third kappa shape index (κ3) is 8.03. The van der Waals surface area contributed by atoms with Crippen LogP contribution in [0.25, 0.3) is 0 Å². The summed E-state index contributed by atoms with van der Waals surface area (Å²) in [6, 6.07) is 29.1. The summed E-state index contributed by atoms with van der Waals surface area (Å²) in [7, 11) is -4.45. The zero-order valence-electron chi connectivity index (χ0n) is 22.3. The molecule has 4 aromatic carbocycles. The Labute approximate surface area is 237 Å². The Morgan fingerprint density at radius 1 is 0.854 bits per heavy atom. The Kier molecular flexibility index (Phi) is 9.17. The second-order valence-electron chi connectivity index (χ2n) is 8.90. The topological polar surface area (TPSA) is 142 Å². The largest absolute Gasteiger partial charge is 0.744 e. The van der Waals surface area contributed by atoms with Gasteiger partial charge in [-0.25, -0.2) is 12.8 Å². The Morgan fingerprint density at radius 3 is 1.93 bits per heavy atom. The van der Waals surface area contributed by atoms with Crippen LogP contribution >= 0.6 is 0 Å². The van der Waals surface area contributed by atoms with E-state index in [4.69, 9.17) is 5.84 Å². The van der Waals surface area contributed by atoms with Gasteiger partial charge in [0.05, 0.1) is 16.3 Å². The molecule has 5 rings (SSSR count). The number of rotatable bonds is 7. The van der Waals surface area contributed by atoms with Gasteiger partial charge in [-0.05, 0) is 66.7 Å². The van der Waals surface area contributed by atoms with Gasteiger partial charge in [0.15, 0.2) is 0 Å². The molecule has 0 unspecified atom stereocenters. The molecule has 0 atom stereocenters. The van der Waals surface area contributed by atoms with E-state index in [-0.39, 0.29) is 10.7 Å². The maximum atomic E-state index is 13.4. The number of nitrogen functional groups attached to an aromatic ring is 1. The smallest absolute Gasteiger partial charge is 0.295 e. The van der Waals surface area contributed by atoms with Crippen LogP contribution in [0.15, 0.2) is 118 Å². The lowest BCUT2D eigenvalue weighted by molar-refractivity contribution is -0.652. The molecule has 0 radical (unpaired) electrons. The minimum absolute atomic E-state index is 0.223. The normalized spacial score (nSPS) is 11.2. The van der Waals surface area contributed by atoms with Crippen molar-refractivity contribution in [1.82, 2.24) is 9.78 Å². The van der Waals surface area contributed by atoms with Crippen molar-refractivity contribution < 1.29 is 22.0 Å². The van der Waals surface area contributed by atoms with Crippen LogP contribution in [0.5, 0.6) is 0 Å². The first kappa shape index (κ1) is 29.1. The maximum absolute atomic E-state index is 13.4. The third-order valence-electron chi connectivity index (χ3n) is 5.95. The standard InChI is InChI=1S/C18H15N3O3S.C11H14FN4/c22-25(23,24)18-12-10-17(11-13-18)21-20-16-8-6-15(7-9-16)19-14-4-2-1-3-5-14;1-8-14-15(9(2)16(8)13)7-10-5-3-4-6-11(10)12/h1-13,19H,(H,22,23,24);3-6H,7,13H2,1-2H3/q;+1/p-1. The van der Waals surface area contributed by atoms with E-state index < -0.39 is 10.1 Å². The zero-order valence-corrected chi connectivity index (χ0v) is 23.2. The molecule has 1 aromatic heterocycles. The quantitative estimate of drug-likeness (QED) is 0.115. The van der Waals surface area contributed by atoms with E-state index in [0.29, 0.717) is 29.3 Å². The fourth-order valence-corrected chi connectivity index (χ4v) is 4.16. The highest BCUT2D eigenvalue weighted by Crippen LogP contribution is 2.23. The van der Waals surface area contributed by atoms with Gasteiger partial charge in [0.2, 0.25) is 0 Å². The Bertz CT molecular complexity index is 1740. The maximum Gasteiger partial charge on any atom is 0.295 e. The lowest BCUT2D eigenvalue weighted by Gasteiger charge is -2.06. The Morgan fingerprint density at radius 2 is 1.39 bits per heavy atom. The highest BCUT2D eigenvalue weighted by Gasteiger charge is 2.18. The fourth-order valence-electron chi connectivity index (χ4n) is 3.69. The predicted octanol–water partition coefficient (Wildman–Crippen LogP) is 5.44. The van der Waals surface area contributed by atoms with Crippen LogP contribution in [0.4, 0.5) is 27.1 Å². The van der Waals surface area contributed by atoms with E-state index in [2.05, 4.69) is 20.6 Å². The molecule has 5 aromatic rings. The molecule has 0 aliphatic carbocycles. The van der Waals surface area contributed by atoms with Crippen molar-refractivity contribution >= 4 is 32.9 Å². The minimum atomic E-state index is -4.45. The first-order chi connectivity index (χ1) is 19.6. The van der Waals surface area contributed by atoms with Gasteiger partial charge < -0.3 is 9.87 Å². The summed E-state index contributed by atoms with van der Waals surface area (Å²) in [6.45, 7) is 4.05. The number of azo groups is 1. The van der Waals surface area contributed by atoms with Crippen molar-refractivity contribution in [3.63, 3.8) is 0 Å². The van der Waals surface area contributed by atoms with Gasteiger partial charge in [-0.15, -0.1) is 9.36 Å². The second-order valence-corrected chi connectivity index (χ2v) is 10.3. The molecule has 41 heavy (non-hydrogen) atoms. The molecule has 0 saturated carbocycles. The first-order valence-electron chi connectivity index (χ1n) is 12.4. The fraction of sp³-hybridized carbons (Fsp3) is 0.103. The third-order valence-corrected chi connectivity index (χ3v) is 6.80. The molecule has 0 spiro atoms. The van der Waals surface area contributed by atoms with Crippen LogP contribution in [-0.4, -0.2) is 22.8 Å². The minimum Gasteiger partial charge on any atom is -0.744 e. The van der Waals surface area contributed by atoms with Gasteiger partial charge in [0, 0.05) is 35.9 Å². The number of nitrogens with zero attached hydrogens (tertiary/aromatic N) is 5. The summed E-state index contributed by atoms with van der Waals surface area (Å²) >= 11 is 0. The van der Waals surface area contributed by atoms with Crippen LogP contribution in [0.2, 0.25) is 0 Å². The molecular formula is C29H28FN7O3S. The van der Waals surface area contributed by atoms with Crippen molar-refractivity contribution in [2.24, 2.45) is 10.2 Å². The molecule has 1 heterocycles. The van der Waals surface area contributed by atoms with Crippen molar-refractivity contribution in [1.29, 1.82) is 0 Å². The summed E-state index contributed by atoms with van der Waals surface area (Å²) < 4.78 is 49.2. The predicted molar refractivity (Wildman–Crippen MR) is 152 cm³/mol. The second kappa shape index (κ2) is 12.9. The lowest BCUT2D eigenvalue weighted by Crippen LogP contribution is -2.48. The summed E-state index contributed by atoms with van der Waals surface area (Å²) in [5, 5.41) is 15.6. The van der Waals surface area contributed by atoms with Gasteiger partial charge in [-0.3, -0.25) is 5.84 Å². The molecule has 0 aliphatic rings. The summed E-state index contributed by atoms with van der Waals surface area (Å²) in [5.74, 6) is 7.01. The average Bonchev–Trinajstić information content (AvgIpc) is 3.21. The van der Waals surface area contributed by atoms with Crippen LogP contribution < -0.4 is 15.8 Å². The molecular weight excluding hydrogens is 545 g/mol. The zero-order chi connectivity index (χ0) is 29.4. The van der Waals surface area contributed by atoms with Gasteiger partial charge in [0.1, 0.15) is 22.5 Å². The van der Waals surface area contributed by atoms with Gasteiger partial charge in [-0.1, -0.05) is 36.4 Å². The number of nitrogens with one attached hydrogen (secondary N) is 1. The number of aryl methyl sites for hydroxylation is 1. The van der Waals surface area contributed by atoms with E-state index in [0.717, 1.165) is 17.2 Å². The number of benzene rings is 4. The molecule has 0 aliphatic heterocycles. The molecule has 0 amide bonds.